The molecule has 0 atom stereocenters. The van der Waals surface area contributed by atoms with Crippen LogP contribution in [-0.2, 0) is 13.6 Å². The average molecular weight is 218 g/mol. The Hall–Kier alpha value is -0.0300. The van der Waals surface area contributed by atoms with Gasteiger partial charge in [0, 0.05) is 0 Å². The van der Waals surface area contributed by atoms with Gasteiger partial charge in [0.25, 0.3) is 0 Å². The van der Waals surface area contributed by atoms with Crippen molar-refractivity contribution in [2.24, 2.45) is 0 Å². The van der Waals surface area contributed by atoms with Crippen LogP contribution >= 0.6 is 7.60 Å². The van der Waals surface area contributed by atoms with Crippen LogP contribution in [0, 0.1) is 0 Å². The first-order valence-electron chi connectivity index (χ1n) is 3.81. The third-order valence-corrected chi connectivity index (χ3v) is 3.11. The Morgan fingerprint density at radius 2 is 1.69 bits per heavy atom. The smallest absolute Gasteiger partial charge is 0.336 e. The molecule has 1 N–H and O–H groups in total. The Morgan fingerprint density at radius 1 is 1.31 bits per heavy atom. The minimum Gasteiger partial charge on any atom is -0.336 e. The lowest BCUT2D eigenvalue weighted by atomic mass is 10.8. The van der Waals surface area contributed by atoms with E-state index in [-0.39, 0.29) is 13.2 Å². The molecule has 0 unspecified atom stereocenters. The van der Waals surface area contributed by atoms with E-state index in [9.17, 15) is 13.3 Å². The molecule has 4 nitrogen and oxygen atoms in total. The standard InChI is InChI=1S/C6H13F2O4P/c1-3-11-13(10,12-4-2)5-6(7,8)9/h9H,3-5H2,1-2H3. The van der Waals surface area contributed by atoms with E-state index in [4.69, 9.17) is 5.11 Å². The molecule has 0 fully saturated rings. The van der Waals surface area contributed by atoms with Crippen LogP contribution in [0.25, 0.3) is 0 Å². The van der Waals surface area contributed by atoms with E-state index in [0.29, 0.717) is 0 Å². The van der Waals surface area contributed by atoms with E-state index in [1.165, 1.54) is 13.8 Å². The van der Waals surface area contributed by atoms with Crippen molar-refractivity contribution < 1.29 is 27.5 Å². The van der Waals surface area contributed by atoms with Gasteiger partial charge in [-0.25, -0.2) is 0 Å². The van der Waals surface area contributed by atoms with Crippen molar-refractivity contribution in [3.63, 3.8) is 0 Å². The summed E-state index contributed by atoms with van der Waals surface area (Å²) in [7, 11) is -3.84. The lowest BCUT2D eigenvalue weighted by molar-refractivity contribution is -0.181. The van der Waals surface area contributed by atoms with Gasteiger partial charge >= 0.3 is 13.7 Å². The van der Waals surface area contributed by atoms with E-state index < -0.39 is 19.9 Å². The Bertz CT molecular complexity index is 182. The van der Waals surface area contributed by atoms with Gasteiger partial charge in [-0.2, -0.15) is 8.78 Å². The lowest BCUT2D eigenvalue weighted by Crippen LogP contribution is -2.22. The number of hydrogen-bond donors (Lipinski definition) is 1. The molecule has 0 radical (unpaired) electrons. The predicted octanol–water partition coefficient (Wildman–Crippen LogP) is 1.84. The van der Waals surface area contributed by atoms with Gasteiger partial charge in [-0.3, -0.25) is 4.57 Å². The number of alkyl halides is 2. The first-order valence-corrected chi connectivity index (χ1v) is 5.54. The molecule has 0 amide bonds. The molecule has 7 heteroatoms. The zero-order chi connectivity index (χ0) is 10.5. The zero-order valence-electron chi connectivity index (χ0n) is 7.50. The Balaban J connectivity index is 4.33. The maximum atomic E-state index is 12.1. The highest BCUT2D eigenvalue weighted by Crippen LogP contribution is 2.50. The van der Waals surface area contributed by atoms with Gasteiger partial charge in [-0.15, -0.1) is 0 Å². The van der Waals surface area contributed by atoms with E-state index in [1.807, 2.05) is 0 Å². The molecule has 0 aliphatic carbocycles. The molecule has 80 valence electrons. The SMILES string of the molecule is CCOP(=O)(CC(O)(F)F)OCC. The monoisotopic (exact) mass is 218 g/mol. The van der Waals surface area contributed by atoms with Crippen molar-refractivity contribution in [1.29, 1.82) is 0 Å². The lowest BCUT2D eigenvalue weighted by Gasteiger charge is -2.18. The second-order valence-electron chi connectivity index (χ2n) is 2.27. The summed E-state index contributed by atoms with van der Waals surface area (Å²) >= 11 is 0. The van der Waals surface area contributed by atoms with Crippen molar-refractivity contribution in [2.45, 2.75) is 20.0 Å². The molecule has 0 rings (SSSR count). The summed E-state index contributed by atoms with van der Waals surface area (Å²) in [4.78, 5) is 0. The summed E-state index contributed by atoms with van der Waals surface area (Å²) in [6, 6.07) is 0. The van der Waals surface area contributed by atoms with Crippen LogP contribution in [0.5, 0.6) is 0 Å². The minimum absolute atomic E-state index is 0.00659. The molecule has 0 aromatic carbocycles. The maximum absolute atomic E-state index is 12.1. The van der Waals surface area contributed by atoms with E-state index in [2.05, 4.69) is 9.05 Å². The van der Waals surface area contributed by atoms with Crippen LogP contribution in [0.2, 0.25) is 0 Å². The summed E-state index contributed by atoms with van der Waals surface area (Å²) in [5.41, 5.74) is 0. The highest BCUT2D eigenvalue weighted by Gasteiger charge is 2.38. The van der Waals surface area contributed by atoms with Crippen LogP contribution < -0.4 is 0 Å². The molecule has 0 spiro atoms. The Morgan fingerprint density at radius 3 is 1.92 bits per heavy atom. The fraction of sp³-hybridized carbons (Fsp3) is 1.00. The van der Waals surface area contributed by atoms with Gasteiger partial charge in [-0.1, -0.05) is 0 Å². The molecule has 0 heterocycles. The van der Waals surface area contributed by atoms with Gasteiger partial charge in [0.1, 0.15) is 6.16 Å². The first kappa shape index (κ1) is 13.0. The summed E-state index contributed by atoms with van der Waals surface area (Å²) in [6.07, 6.45) is -5.33. The molecular weight excluding hydrogens is 205 g/mol. The highest BCUT2D eigenvalue weighted by atomic mass is 31.2. The van der Waals surface area contributed by atoms with Gasteiger partial charge in [0.05, 0.1) is 13.2 Å². The molecule has 0 aliphatic heterocycles. The van der Waals surface area contributed by atoms with Gasteiger partial charge in [-0.05, 0) is 13.8 Å². The predicted molar refractivity (Wildman–Crippen MR) is 42.9 cm³/mol. The van der Waals surface area contributed by atoms with Crippen LogP contribution in [0.4, 0.5) is 8.78 Å². The van der Waals surface area contributed by atoms with E-state index in [1.54, 1.807) is 0 Å². The van der Waals surface area contributed by atoms with Gasteiger partial charge in [0.2, 0.25) is 0 Å². The number of halogens is 2. The summed E-state index contributed by atoms with van der Waals surface area (Å²) < 4.78 is 44.6. The summed E-state index contributed by atoms with van der Waals surface area (Å²) in [5.74, 6) is 0. The minimum atomic E-state index is -4.03. The van der Waals surface area contributed by atoms with Crippen molar-refractivity contribution in [3.8, 4) is 0 Å². The fourth-order valence-corrected chi connectivity index (χ4v) is 2.26. The third-order valence-electron chi connectivity index (χ3n) is 1.04. The van der Waals surface area contributed by atoms with E-state index >= 15 is 0 Å². The van der Waals surface area contributed by atoms with Crippen LogP contribution in [0.1, 0.15) is 13.8 Å². The van der Waals surface area contributed by atoms with Crippen molar-refractivity contribution >= 4 is 7.60 Å². The van der Waals surface area contributed by atoms with Crippen LogP contribution in [0.3, 0.4) is 0 Å². The van der Waals surface area contributed by atoms with Crippen molar-refractivity contribution in [3.05, 3.63) is 0 Å². The van der Waals surface area contributed by atoms with Crippen LogP contribution in [-0.4, -0.2) is 30.6 Å². The molecule has 13 heavy (non-hydrogen) atoms. The maximum Gasteiger partial charge on any atom is 0.364 e. The van der Waals surface area contributed by atoms with Crippen molar-refractivity contribution in [2.75, 3.05) is 19.4 Å². The molecule has 0 aromatic heterocycles. The van der Waals surface area contributed by atoms with Gasteiger partial charge < -0.3 is 14.2 Å². The highest BCUT2D eigenvalue weighted by molar-refractivity contribution is 7.53. The van der Waals surface area contributed by atoms with E-state index in [0.717, 1.165) is 0 Å². The second-order valence-corrected chi connectivity index (χ2v) is 4.32. The zero-order valence-corrected chi connectivity index (χ0v) is 8.39. The molecule has 0 saturated carbocycles. The van der Waals surface area contributed by atoms with Crippen molar-refractivity contribution in [1.82, 2.24) is 0 Å². The fourth-order valence-electron chi connectivity index (χ4n) is 0.755. The molecular formula is C6H13F2O4P. The first-order chi connectivity index (χ1) is 5.83. The number of rotatable bonds is 6. The summed E-state index contributed by atoms with van der Waals surface area (Å²) in [6.45, 7) is 2.99. The summed E-state index contributed by atoms with van der Waals surface area (Å²) in [5, 5.41) is 8.14. The number of hydrogen-bond acceptors (Lipinski definition) is 4. The molecule has 0 aliphatic rings. The number of aliphatic hydroxyl groups is 1. The normalized spacial score (nSPS) is 13.3. The topological polar surface area (TPSA) is 55.8 Å². The largest absolute Gasteiger partial charge is 0.364 e. The third kappa shape index (κ3) is 6.10. The second kappa shape index (κ2) is 5.00. The average Bonchev–Trinajstić information content (AvgIpc) is 1.82. The Labute approximate surface area is 75.4 Å². The molecule has 0 aromatic rings. The van der Waals surface area contributed by atoms with Gasteiger partial charge in [0.15, 0.2) is 0 Å². The van der Waals surface area contributed by atoms with Crippen LogP contribution in [0.15, 0.2) is 0 Å². The quantitative estimate of drug-likeness (QED) is 0.691. The molecule has 0 saturated heterocycles. The Kier molecular flexibility index (Phi) is 4.99. The molecule has 0 bridgehead atoms.